The maximum Gasteiger partial charge on any atom is 0.270 e. The number of aromatic amines is 1. The van der Waals surface area contributed by atoms with Gasteiger partial charge < -0.3 is 20.9 Å². The Morgan fingerprint density at radius 1 is 0.893 bits per heavy atom. The Kier molecular flexibility index (Phi) is 10.6. The fraction of sp³-hybridized carbons (Fsp3) is 0.209. The summed E-state index contributed by atoms with van der Waals surface area (Å²) in [6.07, 6.45) is 5.93. The average Bonchev–Trinajstić information content (AvgIpc) is 3.64. The molecule has 1 aliphatic heterocycles. The second-order valence-corrected chi connectivity index (χ2v) is 13.6. The van der Waals surface area contributed by atoms with Crippen molar-refractivity contribution < 1.29 is 24.0 Å². The van der Waals surface area contributed by atoms with E-state index in [0.29, 0.717) is 23.4 Å². The van der Waals surface area contributed by atoms with Crippen LogP contribution in [-0.2, 0) is 9.59 Å². The van der Waals surface area contributed by atoms with Crippen molar-refractivity contribution >= 4 is 51.2 Å². The van der Waals surface area contributed by atoms with E-state index in [4.69, 9.17) is 4.98 Å². The highest BCUT2D eigenvalue weighted by atomic mass is 16.2. The summed E-state index contributed by atoms with van der Waals surface area (Å²) in [4.78, 5) is 78.2. The number of fused-ring (bicyclic) bond motifs is 2. The molecule has 7 rings (SSSR count). The lowest BCUT2D eigenvalue weighted by molar-refractivity contribution is -0.134. The minimum absolute atomic E-state index is 0.0948. The molecule has 13 heteroatoms. The van der Waals surface area contributed by atoms with Gasteiger partial charge in [0.15, 0.2) is 0 Å². The Hall–Kier alpha value is -7.20. The topological polar surface area (TPSA) is 188 Å². The Balaban J connectivity index is 0.987. The molecule has 13 nitrogen and oxygen atoms in total. The van der Waals surface area contributed by atoms with Crippen LogP contribution in [0, 0.1) is 11.8 Å². The molecule has 0 radical (unpaired) electrons. The van der Waals surface area contributed by atoms with Gasteiger partial charge in [0.05, 0.1) is 11.3 Å². The van der Waals surface area contributed by atoms with E-state index < -0.39 is 17.9 Å². The zero-order chi connectivity index (χ0) is 39.3. The second kappa shape index (κ2) is 16.0. The number of carbonyl (C=O) groups excluding carboxylic acids is 5. The number of carbonyl (C=O) groups is 5. The number of pyridine rings is 3. The van der Waals surface area contributed by atoms with Gasteiger partial charge in [-0.2, -0.15) is 0 Å². The van der Waals surface area contributed by atoms with E-state index in [1.807, 2.05) is 30.5 Å². The normalized spacial score (nSPS) is 13.9. The minimum Gasteiger partial charge on any atom is -0.360 e. The summed E-state index contributed by atoms with van der Waals surface area (Å²) >= 11 is 0. The Bertz CT molecular complexity index is 2600. The molecular weight excluding hydrogens is 709 g/mol. The third-order valence-electron chi connectivity index (χ3n) is 9.56. The van der Waals surface area contributed by atoms with Crippen LogP contribution in [0.15, 0.2) is 85.3 Å². The zero-order valence-corrected chi connectivity index (χ0v) is 30.9. The summed E-state index contributed by atoms with van der Waals surface area (Å²) in [6, 6.07) is 19.8. The smallest absolute Gasteiger partial charge is 0.270 e. The van der Waals surface area contributed by atoms with E-state index in [2.05, 4.69) is 80.1 Å². The Morgan fingerprint density at radius 3 is 2.50 bits per heavy atom. The third-order valence-corrected chi connectivity index (χ3v) is 9.56. The SMILES string of the molecule is CNC(=O)c1c[nH]c2c(C(C)C)cc(-c3cccc4cc(-c5ccc(C(=O)NCCC#Cc6cccc(C(=O)NC7CCC(=O)NC7=O)n6)nc5)ncc34)cc12. The van der Waals surface area contributed by atoms with Crippen LogP contribution < -0.4 is 21.3 Å². The molecule has 56 heavy (non-hydrogen) atoms. The van der Waals surface area contributed by atoms with Crippen LogP contribution in [0.1, 0.15) is 81.6 Å². The van der Waals surface area contributed by atoms with Crippen LogP contribution >= 0.6 is 0 Å². The van der Waals surface area contributed by atoms with Crippen molar-refractivity contribution in [1.29, 1.82) is 0 Å². The molecule has 0 aliphatic carbocycles. The van der Waals surface area contributed by atoms with Gasteiger partial charge in [0, 0.05) is 66.9 Å². The minimum atomic E-state index is -0.806. The number of piperidine rings is 1. The van der Waals surface area contributed by atoms with Crippen molar-refractivity contribution in [2.45, 2.75) is 45.1 Å². The van der Waals surface area contributed by atoms with Crippen LogP contribution in [0.3, 0.4) is 0 Å². The van der Waals surface area contributed by atoms with E-state index in [0.717, 1.165) is 43.9 Å². The highest BCUT2D eigenvalue weighted by molar-refractivity contribution is 6.09. The van der Waals surface area contributed by atoms with Crippen molar-refractivity contribution in [2.75, 3.05) is 13.6 Å². The van der Waals surface area contributed by atoms with E-state index in [-0.39, 0.29) is 54.4 Å². The van der Waals surface area contributed by atoms with Gasteiger partial charge in [-0.1, -0.05) is 44.0 Å². The highest BCUT2D eigenvalue weighted by Crippen LogP contribution is 2.36. The summed E-state index contributed by atoms with van der Waals surface area (Å²) in [5.74, 6) is 4.12. The van der Waals surface area contributed by atoms with Crippen LogP contribution in [0.2, 0.25) is 0 Å². The fourth-order valence-corrected chi connectivity index (χ4v) is 6.63. The largest absolute Gasteiger partial charge is 0.360 e. The van der Waals surface area contributed by atoms with Crippen LogP contribution in [-0.4, -0.2) is 69.1 Å². The predicted octanol–water partition coefficient (Wildman–Crippen LogP) is 5.03. The molecule has 2 aromatic carbocycles. The van der Waals surface area contributed by atoms with Crippen LogP contribution in [0.25, 0.3) is 44.1 Å². The standard InChI is InChI=1S/C43H38N8O5/c1-24(2)30-18-27(19-31-33(40(53)44-3)23-48-39(30)31)29-11-6-8-25-20-37(47-22-32(25)29)26-13-14-34(46-21-26)41(54)45-17-5-4-9-28-10-7-12-35(49-28)42(55)50-36-15-16-38(52)51-43(36)56/h6-8,10-14,18-24,36,48H,5,15-17H2,1-3H3,(H,44,53)(H,45,54)(H,50,55)(H,51,52,56). The van der Waals surface area contributed by atoms with Crippen molar-refractivity contribution in [2.24, 2.45) is 0 Å². The number of rotatable bonds is 9. The number of benzene rings is 2. The monoisotopic (exact) mass is 746 g/mol. The zero-order valence-electron chi connectivity index (χ0n) is 30.9. The molecule has 1 saturated heterocycles. The molecule has 1 unspecified atom stereocenters. The molecule has 0 spiro atoms. The van der Waals surface area contributed by atoms with E-state index in [1.165, 1.54) is 6.07 Å². The maximum atomic E-state index is 12.8. The number of amides is 5. The van der Waals surface area contributed by atoms with Crippen molar-refractivity contribution in [3.05, 3.63) is 114 Å². The first-order valence-electron chi connectivity index (χ1n) is 18.2. The van der Waals surface area contributed by atoms with Gasteiger partial charge >= 0.3 is 0 Å². The first-order chi connectivity index (χ1) is 27.1. The molecular formula is C43H38N8O5. The molecule has 5 heterocycles. The maximum absolute atomic E-state index is 12.8. The lowest BCUT2D eigenvalue weighted by Gasteiger charge is -2.21. The molecule has 1 fully saturated rings. The van der Waals surface area contributed by atoms with Gasteiger partial charge in [-0.3, -0.25) is 39.3 Å². The van der Waals surface area contributed by atoms with Gasteiger partial charge in [0.1, 0.15) is 23.1 Å². The molecule has 0 bridgehead atoms. The van der Waals surface area contributed by atoms with E-state index >= 15 is 0 Å². The lowest BCUT2D eigenvalue weighted by Crippen LogP contribution is -2.52. The number of nitrogens with zero attached hydrogens (tertiary/aromatic N) is 3. The summed E-state index contributed by atoms with van der Waals surface area (Å²) < 4.78 is 0. The number of nitrogens with one attached hydrogen (secondary N) is 5. The number of imide groups is 1. The second-order valence-electron chi connectivity index (χ2n) is 13.6. The quantitative estimate of drug-likeness (QED) is 0.0774. The number of hydrogen-bond acceptors (Lipinski definition) is 8. The van der Waals surface area contributed by atoms with Gasteiger partial charge in [0.25, 0.3) is 17.7 Å². The molecule has 1 atom stereocenters. The Labute approximate surface area is 322 Å². The Morgan fingerprint density at radius 2 is 1.73 bits per heavy atom. The number of aromatic nitrogens is 4. The van der Waals surface area contributed by atoms with Gasteiger partial charge in [0.2, 0.25) is 11.8 Å². The van der Waals surface area contributed by atoms with Crippen molar-refractivity contribution in [3.63, 3.8) is 0 Å². The lowest BCUT2D eigenvalue weighted by atomic mass is 9.91. The van der Waals surface area contributed by atoms with Crippen LogP contribution in [0.5, 0.6) is 0 Å². The number of H-pyrrole nitrogens is 1. The van der Waals surface area contributed by atoms with E-state index in [1.54, 1.807) is 37.6 Å². The van der Waals surface area contributed by atoms with Crippen molar-refractivity contribution in [1.82, 2.24) is 41.2 Å². The summed E-state index contributed by atoms with van der Waals surface area (Å²) in [6.45, 7) is 4.54. The van der Waals surface area contributed by atoms with Gasteiger partial charge in [-0.05, 0) is 82.8 Å². The fourth-order valence-electron chi connectivity index (χ4n) is 6.63. The van der Waals surface area contributed by atoms with Crippen molar-refractivity contribution in [3.8, 4) is 34.2 Å². The number of hydrogen-bond donors (Lipinski definition) is 5. The molecule has 1 aliphatic rings. The molecule has 5 N–H and O–H groups in total. The molecule has 5 amide bonds. The first kappa shape index (κ1) is 37.1. The molecule has 6 aromatic rings. The molecule has 0 saturated carbocycles. The van der Waals surface area contributed by atoms with Crippen LogP contribution in [0.4, 0.5) is 0 Å². The first-order valence-corrected chi connectivity index (χ1v) is 18.2. The molecule has 4 aromatic heterocycles. The average molecular weight is 747 g/mol. The van der Waals surface area contributed by atoms with E-state index in [9.17, 15) is 24.0 Å². The predicted molar refractivity (Wildman–Crippen MR) is 211 cm³/mol. The third kappa shape index (κ3) is 7.85. The summed E-state index contributed by atoms with van der Waals surface area (Å²) in [5.41, 5.74) is 6.84. The highest BCUT2D eigenvalue weighted by Gasteiger charge is 2.28. The molecule has 280 valence electrons. The summed E-state index contributed by atoms with van der Waals surface area (Å²) in [5, 5.41) is 13.2. The van der Waals surface area contributed by atoms with Gasteiger partial charge in [-0.25, -0.2) is 4.98 Å². The van der Waals surface area contributed by atoms with Gasteiger partial charge in [-0.15, -0.1) is 0 Å². The summed E-state index contributed by atoms with van der Waals surface area (Å²) in [7, 11) is 1.63.